The molecule has 7 amide bonds. The third kappa shape index (κ3) is 24.5. The molecule has 18 heterocycles. The number of amides is 7. The van der Waals surface area contributed by atoms with Crippen molar-refractivity contribution in [1.82, 2.24) is 123 Å². The molecule has 18 rings (SSSR count). The van der Waals surface area contributed by atoms with Gasteiger partial charge < -0.3 is 50.0 Å². The van der Waals surface area contributed by atoms with Crippen LogP contribution in [-0.4, -0.2) is 231 Å². The highest BCUT2D eigenvalue weighted by atomic mass is 79.9. The number of carbonyl (C=O) groups excluding carboxylic acids is 6. The van der Waals surface area contributed by atoms with E-state index in [0.717, 1.165) is 84.9 Å². The van der Waals surface area contributed by atoms with E-state index in [1.165, 1.54) is 0 Å². The number of fused-ring (bicyclic) bond motifs is 4. The Labute approximate surface area is 811 Å². The van der Waals surface area contributed by atoms with Gasteiger partial charge in [-0.15, -0.1) is 0 Å². The molecule has 0 unspecified atom stereocenters. The number of aliphatic carboxylic acids is 1. The smallest absolute Gasteiger partial charge is 0.413 e. The monoisotopic (exact) mass is 2060 g/mol. The second-order valence-corrected chi connectivity index (χ2v) is 36.4. The average Bonchev–Trinajstić information content (AvgIpc) is 1.62. The number of esters is 2. The summed E-state index contributed by atoms with van der Waals surface area (Å²) in [6.07, 6.45) is 35.2. The lowest BCUT2D eigenvalue weighted by atomic mass is 9.80. The van der Waals surface area contributed by atoms with Crippen LogP contribution in [0.1, 0.15) is 115 Å². The fourth-order valence-electron chi connectivity index (χ4n) is 15.1. The molecule has 15 aromatic heterocycles. The van der Waals surface area contributed by atoms with E-state index in [-0.39, 0.29) is 35.4 Å². The number of nitrogens with zero attached hydrogens (tertiary/aromatic N) is 25. The molecule has 0 aliphatic carbocycles. The van der Waals surface area contributed by atoms with Gasteiger partial charge in [-0.05, 0) is 215 Å². The van der Waals surface area contributed by atoms with E-state index in [9.17, 15) is 38.7 Å². The molecule has 43 nitrogen and oxygen atoms in total. The average molecular weight is 2060 g/mol. The van der Waals surface area contributed by atoms with Crippen LogP contribution in [0.15, 0.2) is 198 Å². The standard InChI is InChI=1S/C26H31N9O3.C24H27N9O3.C15H16BrN5O2.C13H13BrN6O.C13H18BrN3O2/c1-4-27-25(37)32-20-17-34-21(31-20)13-18(14-22(34)35-10-6-9-30-35)19-15-28-24(29-16-19)33-11-7-26(3,8-12-33)23(36)38-5-2;1-3-25-23(36)30-18-15-32-19(29-18)11-16(12-20(32)33-8-4-7-28-33)17-13-26-22(27-14-17)31-9-5-24(2,6-10-31)21(34)35;1-15(2,3)23-14(22)19-11-9-20-12(18-11)7-10(16)8-13(20)21-6-4-5-17-21;1-2-15-13(21)18-10-8-19-11(17-10)6-9(14)7-12(19)20-5-3-4-16-20;1-3-19-11(18)13(2)4-6-17(7-5-13)12-15-8-10(14)9-16-12/h6,9-10,13-17H,4-5,7-8,11-12H2,1-3H3,(H2,27,32,37);4,7-8,11-15H,3,5-6,9-10H2,1-2H3,(H,34,35)(H2,25,30,36);4-9H,1-3H3,(H,19,22);3-8H,2H2,1H3,(H2,15,18,21);8-9H,3-7H2,1-2H3. The number of carboxylic acid groups (broad SMARTS) is 1. The van der Waals surface area contributed by atoms with Gasteiger partial charge in [-0.3, -0.25) is 53.3 Å². The first-order chi connectivity index (χ1) is 65.8. The number of aromatic nitrogens is 22. The normalized spacial score (nSPS) is 14.2. The molecule has 137 heavy (non-hydrogen) atoms. The number of hydrogen-bond acceptors (Lipinski definition) is 27. The van der Waals surface area contributed by atoms with Crippen LogP contribution in [-0.2, 0) is 28.6 Å². The highest BCUT2D eigenvalue weighted by Crippen LogP contribution is 2.38. The summed E-state index contributed by atoms with van der Waals surface area (Å²) in [6.45, 7) is 26.9. The summed E-state index contributed by atoms with van der Waals surface area (Å²) in [5.74, 6) is 5.76. The summed E-state index contributed by atoms with van der Waals surface area (Å²) in [6, 6.07) is 21.7. The van der Waals surface area contributed by atoms with Crippen molar-refractivity contribution in [3.63, 3.8) is 0 Å². The number of anilines is 7. The van der Waals surface area contributed by atoms with E-state index in [0.29, 0.717) is 148 Å². The van der Waals surface area contributed by atoms with Crippen LogP contribution in [0.5, 0.6) is 0 Å². The molecule has 0 bridgehead atoms. The van der Waals surface area contributed by atoms with E-state index in [4.69, 9.17) is 14.2 Å². The zero-order chi connectivity index (χ0) is 97.3. The van der Waals surface area contributed by atoms with Crippen LogP contribution >= 0.6 is 47.8 Å². The Kier molecular flexibility index (Phi) is 31.3. The molecular weight excluding hydrogens is 1960 g/mol. The third-order valence-corrected chi connectivity index (χ3v) is 23.8. The number of hydrogen-bond donors (Lipinski definition) is 8. The lowest BCUT2D eigenvalue weighted by molar-refractivity contribution is -0.156. The first-order valence-electron chi connectivity index (χ1n) is 44.3. The summed E-state index contributed by atoms with van der Waals surface area (Å²) in [5, 5.41) is 45.6. The molecule has 3 saturated heterocycles. The van der Waals surface area contributed by atoms with Gasteiger partial charge in [0.1, 0.15) is 51.5 Å². The van der Waals surface area contributed by atoms with Crippen molar-refractivity contribution in [3.05, 3.63) is 198 Å². The van der Waals surface area contributed by atoms with Crippen molar-refractivity contribution < 1.29 is 52.9 Å². The predicted molar refractivity (Wildman–Crippen MR) is 524 cm³/mol. The van der Waals surface area contributed by atoms with Gasteiger partial charge in [0, 0.05) is 166 Å². The van der Waals surface area contributed by atoms with Crippen molar-refractivity contribution in [1.29, 1.82) is 0 Å². The number of halogens is 3. The number of carbonyl (C=O) groups is 7. The summed E-state index contributed by atoms with van der Waals surface area (Å²) in [7, 11) is 0. The molecule has 3 aliphatic rings. The molecule has 0 radical (unpaired) electrons. The number of nitrogens with one attached hydrogen (secondary N) is 7. The van der Waals surface area contributed by atoms with Crippen molar-refractivity contribution in [2.45, 2.75) is 120 Å². The number of urea groups is 3. The van der Waals surface area contributed by atoms with Crippen LogP contribution < -0.4 is 51.9 Å². The van der Waals surface area contributed by atoms with E-state index in [1.807, 2.05) is 189 Å². The van der Waals surface area contributed by atoms with Gasteiger partial charge in [0.25, 0.3) is 0 Å². The number of ether oxygens (including phenoxy) is 3. The first-order valence-corrected chi connectivity index (χ1v) is 46.7. The Morgan fingerprint density at radius 1 is 0.387 bits per heavy atom. The fraction of sp³-hybridized carbons (Fsp3) is 0.352. The van der Waals surface area contributed by atoms with Crippen molar-refractivity contribution in [2.75, 3.05) is 108 Å². The Morgan fingerprint density at radius 2 is 0.679 bits per heavy atom. The Hall–Kier alpha value is -14.8. The maximum Gasteiger partial charge on any atom is 0.413 e. The number of imidazole rings is 4. The molecule has 15 aromatic rings. The van der Waals surface area contributed by atoms with Crippen LogP contribution in [0, 0.1) is 16.2 Å². The zero-order valence-corrected chi connectivity index (χ0v) is 81.9. The minimum atomic E-state index is -0.759. The van der Waals surface area contributed by atoms with Crippen LogP contribution in [0.4, 0.5) is 60.3 Å². The summed E-state index contributed by atoms with van der Waals surface area (Å²) >= 11 is 10.2. The summed E-state index contributed by atoms with van der Waals surface area (Å²) in [4.78, 5) is 134. The SMILES string of the molecule is CC(C)(C)OC(=O)Nc1cn2c(-n3cccn3)cc(Br)cc2n1.CCNC(=O)Nc1cn2c(-n3cccn3)cc(-c3cnc(N4CCC(C)(C(=O)O)CC4)nc3)cc2n1.CCNC(=O)Nc1cn2c(-n3cccn3)cc(-c3cnc(N4CCC(C)(C(=O)OCC)CC4)nc3)cc2n1.CCNC(=O)Nc1cn2c(-n3cccn3)cc(Br)cc2n1.CCOC(=O)C1(C)CCN(c2ncc(Br)cn2)CC1. The van der Waals surface area contributed by atoms with Gasteiger partial charge in [-0.2, -0.15) is 20.4 Å². The largest absolute Gasteiger partial charge is 0.481 e. The van der Waals surface area contributed by atoms with E-state index >= 15 is 0 Å². The predicted octanol–water partition coefficient (Wildman–Crippen LogP) is 14.6. The van der Waals surface area contributed by atoms with Crippen LogP contribution in [0.2, 0.25) is 0 Å². The molecule has 0 saturated carbocycles. The second kappa shape index (κ2) is 43.7. The van der Waals surface area contributed by atoms with Crippen molar-refractivity contribution in [2.24, 2.45) is 16.2 Å². The van der Waals surface area contributed by atoms with Gasteiger partial charge in [-0.1, -0.05) is 31.9 Å². The third-order valence-electron chi connectivity index (χ3n) is 22.5. The van der Waals surface area contributed by atoms with Gasteiger partial charge in [0.2, 0.25) is 17.8 Å². The van der Waals surface area contributed by atoms with E-state index in [1.54, 1.807) is 112 Å². The highest BCUT2D eigenvalue weighted by molar-refractivity contribution is 9.11. The maximum atomic E-state index is 12.3. The molecule has 8 N–H and O–H groups in total. The Morgan fingerprint density at radius 3 is 0.964 bits per heavy atom. The molecule has 46 heteroatoms. The number of rotatable bonds is 21. The number of carboxylic acids is 1. The highest BCUT2D eigenvalue weighted by Gasteiger charge is 2.41. The minimum Gasteiger partial charge on any atom is -0.481 e. The molecule has 3 fully saturated rings. The number of piperidine rings is 3. The Bertz CT molecular complexity index is 6680. The summed E-state index contributed by atoms with van der Waals surface area (Å²) in [5.41, 5.74) is 3.85. The van der Waals surface area contributed by atoms with E-state index in [2.05, 4.69) is 165 Å². The van der Waals surface area contributed by atoms with Crippen LogP contribution in [0.25, 0.3) is 68.1 Å². The molecule has 0 aromatic carbocycles. The topological polar surface area (TPSA) is 479 Å². The lowest BCUT2D eigenvalue weighted by Crippen LogP contribution is -2.44. The molecule has 0 atom stereocenters. The first kappa shape index (κ1) is 98.2. The van der Waals surface area contributed by atoms with Crippen molar-refractivity contribution >= 4 is 154 Å². The minimum absolute atomic E-state index is 0.0913. The van der Waals surface area contributed by atoms with Gasteiger partial charge in [0.15, 0.2) is 23.3 Å². The van der Waals surface area contributed by atoms with Gasteiger partial charge in [0.05, 0.1) is 58.7 Å². The molecule has 0 spiro atoms. The van der Waals surface area contributed by atoms with Crippen LogP contribution in [0.3, 0.4) is 0 Å². The van der Waals surface area contributed by atoms with E-state index < -0.39 is 28.5 Å². The summed E-state index contributed by atoms with van der Waals surface area (Å²) < 4.78 is 32.6. The zero-order valence-electron chi connectivity index (χ0n) is 77.2. The fourth-order valence-corrected chi connectivity index (χ4v) is 16.1. The second-order valence-electron chi connectivity index (χ2n) is 33.7. The van der Waals surface area contributed by atoms with Gasteiger partial charge in [-0.25, -0.2) is 87.7 Å². The van der Waals surface area contributed by atoms with Crippen molar-refractivity contribution in [3.8, 4) is 45.5 Å². The molecular formula is C91H105Br3N32O11. The maximum absolute atomic E-state index is 12.3. The lowest BCUT2D eigenvalue weighted by Gasteiger charge is -2.37. The molecule has 716 valence electrons. The quantitative estimate of drug-likeness (QED) is 0.0245. The molecule has 3 aliphatic heterocycles. The Balaban J connectivity index is 0.000000141. The number of pyridine rings is 4. The van der Waals surface area contributed by atoms with Gasteiger partial charge >= 0.3 is 42.1 Å².